The molecule has 0 saturated carbocycles. The maximum absolute atomic E-state index is 13.8. The molecule has 25 heavy (non-hydrogen) atoms. The lowest BCUT2D eigenvalue weighted by atomic mass is 9.74. The summed E-state index contributed by atoms with van der Waals surface area (Å²) in [6.07, 6.45) is -5.16. The number of methoxy groups -OCH3 is 1. The van der Waals surface area contributed by atoms with Gasteiger partial charge in [0.2, 0.25) is 5.60 Å². The van der Waals surface area contributed by atoms with Crippen molar-refractivity contribution < 1.29 is 37.7 Å². The fourth-order valence-electron chi connectivity index (χ4n) is 2.89. The van der Waals surface area contributed by atoms with Crippen molar-refractivity contribution in [2.45, 2.75) is 17.7 Å². The minimum absolute atomic E-state index is 0.0793. The molecule has 1 heterocycles. The maximum atomic E-state index is 13.8. The second kappa shape index (κ2) is 5.66. The zero-order valence-electron chi connectivity index (χ0n) is 12.9. The van der Waals surface area contributed by atoms with E-state index in [1.165, 1.54) is 31.4 Å². The van der Waals surface area contributed by atoms with Crippen molar-refractivity contribution in [3.63, 3.8) is 0 Å². The molecule has 5 nitrogen and oxygen atoms in total. The maximum Gasteiger partial charge on any atom is 0.422 e. The molecule has 1 aliphatic heterocycles. The Morgan fingerprint density at radius 1 is 1.16 bits per heavy atom. The number of carbonyl (C=O) groups excluding carboxylic acids is 1. The third-order valence-corrected chi connectivity index (χ3v) is 4.12. The first-order valence-corrected chi connectivity index (χ1v) is 7.16. The largest absolute Gasteiger partial charge is 0.508 e. The van der Waals surface area contributed by atoms with Gasteiger partial charge in [-0.05, 0) is 29.8 Å². The van der Waals surface area contributed by atoms with E-state index in [9.17, 15) is 28.2 Å². The fraction of sp³-hybridized carbons (Fsp3) is 0.235. The molecule has 2 unspecified atom stereocenters. The summed E-state index contributed by atoms with van der Waals surface area (Å²) in [6, 6.07) is 8.01. The van der Waals surface area contributed by atoms with Crippen molar-refractivity contribution in [1.29, 1.82) is 0 Å². The van der Waals surface area contributed by atoms with Crippen LogP contribution in [0.1, 0.15) is 17.0 Å². The Morgan fingerprint density at radius 2 is 1.80 bits per heavy atom. The summed E-state index contributed by atoms with van der Waals surface area (Å²) in [5, 5.41) is 20.0. The number of aromatic hydroxyl groups is 1. The number of hydrogen-bond acceptors (Lipinski definition) is 5. The van der Waals surface area contributed by atoms with E-state index in [-0.39, 0.29) is 11.3 Å². The molecule has 0 saturated heterocycles. The molecular weight excluding hydrogens is 341 g/mol. The van der Waals surface area contributed by atoms with Crippen LogP contribution >= 0.6 is 0 Å². The van der Waals surface area contributed by atoms with E-state index in [4.69, 9.17) is 9.47 Å². The molecule has 2 N–H and O–H groups in total. The van der Waals surface area contributed by atoms with Gasteiger partial charge in [0.05, 0.1) is 7.11 Å². The number of fused-ring (bicyclic) bond motifs is 1. The molecule has 132 valence electrons. The van der Waals surface area contributed by atoms with E-state index in [0.717, 1.165) is 18.2 Å². The summed E-state index contributed by atoms with van der Waals surface area (Å²) in [7, 11) is 1.39. The molecule has 0 bridgehead atoms. The average Bonchev–Trinajstić information content (AvgIpc) is 2.54. The van der Waals surface area contributed by atoms with Gasteiger partial charge in [-0.15, -0.1) is 0 Å². The fourth-order valence-corrected chi connectivity index (χ4v) is 2.89. The monoisotopic (exact) mass is 354 g/mol. The van der Waals surface area contributed by atoms with Crippen LogP contribution in [0.5, 0.6) is 17.2 Å². The van der Waals surface area contributed by atoms with Crippen LogP contribution < -0.4 is 9.47 Å². The van der Waals surface area contributed by atoms with Crippen LogP contribution in [0.3, 0.4) is 0 Å². The van der Waals surface area contributed by atoms with E-state index in [2.05, 4.69) is 0 Å². The van der Waals surface area contributed by atoms with Crippen molar-refractivity contribution in [3.05, 3.63) is 53.6 Å². The Kier molecular flexibility index (Phi) is 3.87. The van der Waals surface area contributed by atoms with Gasteiger partial charge in [-0.2, -0.15) is 13.2 Å². The summed E-state index contributed by atoms with van der Waals surface area (Å²) in [5.74, 6) is -3.83. The zero-order chi connectivity index (χ0) is 18.4. The van der Waals surface area contributed by atoms with E-state index < -0.39 is 35.0 Å². The van der Waals surface area contributed by atoms with E-state index in [1.807, 2.05) is 0 Å². The lowest BCUT2D eigenvalue weighted by molar-refractivity contribution is -0.278. The molecule has 0 aliphatic carbocycles. The van der Waals surface area contributed by atoms with Crippen LogP contribution in [-0.2, 0) is 10.4 Å². The molecule has 0 radical (unpaired) electrons. The van der Waals surface area contributed by atoms with Crippen molar-refractivity contribution in [2.24, 2.45) is 0 Å². The number of rotatable bonds is 2. The number of carbonyl (C=O) groups is 1. The number of aliphatic hydroxyl groups is 1. The van der Waals surface area contributed by atoms with Crippen LogP contribution in [-0.4, -0.2) is 29.5 Å². The van der Waals surface area contributed by atoms with E-state index in [1.54, 1.807) is 0 Å². The number of esters is 1. The van der Waals surface area contributed by atoms with Crippen LogP contribution in [0.2, 0.25) is 0 Å². The first-order valence-electron chi connectivity index (χ1n) is 7.16. The van der Waals surface area contributed by atoms with Gasteiger partial charge >= 0.3 is 12.1 Å². The average molecular weight is 354 g/mol. The first-order chi connectivity index (χ1) is 11.7. The third kappa shape index (κ3) is 2.58. The van der Waals surface area contributed by atoms with Gasteiger partial charge in [0, 0.05) is 11.6 Å². The standard InChI is InChI=1S/C17H13F3O5/c1-24-11-5-2-9(3-6-11)14-15(22)25-13-8-10(21)4-7-12(13)16(14,23)17(18,19)20/h2-8,14,21,23H,1H3. The molecule has 3 rings (SSSR count). The summed E-state index contributed by atoms with van der Waals surface area (Å²) in [5.41, 5.74) is -4.22. The minimum atomic E-state index is -5.16. The van der Waals surface area contributed by atoms with Gasteiger partial charge in [-0.3, -0.25) is 4.79 Å². The van der Waals surface area contributed by atoms with Gasteiger partial charge in [-0.1, -0.05) is 12.1 Å². The van der Waals surface area contributed by atoms with Crippen molar-refractivity contribution >= 4 is 5.97 Å². The van der Waals surface area contributed by atoms with E-state index in [0.29, 0.717) is 5.75 Å². The number of ether oxygens (including phenoxy) is 2. The Balaban J connectivity index is 2.22. The Morgan fingerprint density at radius 3 is 2.36 bits per heavy atom. The summed E-state index contributed by atoms with van der Waals surface area (Å²) in [4.78, 5) is 12.3. The predicted octanol–water partition coefficient (Wildman–Crippen LogP) is 2.85. The molecule has 2 aromatic carbocycles. The van der Waals surface area contributed by atoms with Crippen molar-refractivity contribution in [1.82, 2.24) is 0 Å². The Hall–Kier alpha value is -2.74. The first kappa shape index (κ1) is 17.1. The third-order valence-electron chi connectivity index (χ3n) is 4.12. The second-order valence-electron chi connectivity index (χ2n) is 5.57. The number of phenolic OH excluding ortho intramolecular Hbond substituents is 1. The van der Waals surface area contributed by atoms with Crippen LogP contribution in [0, 0.1) is 0 Å². The Bertz CT molecular complexity index is 816. The number of hydrogen-bond donors (Lipinski definition) is 2. The van der Waals surface area contributed by atoms with E-state index >= 15 is 0 Å². The Labute approximate surface area is 140 Å². The molecule has 1 aliphatic rings. The summed E-state index contributed by atoms with van der Waals surface area (Å²) >= 11 is 0. The normalized spacial score (nSPS) is 22.9. The zero-order valence-corrected chi connectivity index (χ0v) is 12.9. The molecule has 8 heteroatoms. The van der Waals surface area contributed by atoms with Crippen molar-refractivity contribution in [2.75, 3.05) is 7.11 Å². The van der Waals surface area contributed by atoms with Crippen LogP contribution in [0.25, 0.3) is 0 Å². The highest BCUT2D eigenvalue weighted by molar-refractivity contribution is 5.85. The second-order valence-corrected chi connectivity index (χ2v) is 5.57. The highest BCUT2D eigenvalue weighted by atomic mass is 19.4. The summed E-state index contributed by atoms with van der Waals surface area (Å²) < 4.78 is 51.3. The topological polar surface area (TPSA) is 76.0 Å². The summed E-state index contributed by atoms with van der Waals surface area (Å²) in [6.45, 7) is 0. The lowest BCUT2D eigenvalue weighted by Crippen LogP contribution is -2.53. The lowest BCUT2D eigenvalue weighted by Gasteiger charge is -2.40. The quantitative estimate of drug-likeness (QED) is 0.641. The molecule has 0 amide bonds. The number of benzene rings is 2. The number of halogens is 3. The molecule has 0 aromatic heterocycles. The van der Waals surface area contributed by atoms with Crippen molar-refractivity contribution in [3.8, 4) is 17.2 Å². The van der Waals surface area contributed by atoms with Gasteiger partial charge in [0.1, 0.15) is 23.2 Å². The van der Waals surface area contributed by atoms with Gasteiger partial charge in [-0.25, -0.2) is 0 Å². The van der Waals surface area contributed by atoms with Gasteiger partial charge in [0.15, 0.2) is 0 Å². The van der Waals surface area contributed by atoms with Crippen LogP contribution in [0.15, 0.2) is 42.5 Å². The number of phenols is 1. The predicted molar refractivity (Wildman–Crippen MR) is 79.4 cm³/mol. The highest BCUT2D eigenvalue weighted by Gasteiger charge is 2.66. The molecular formula is C17H13F3O5. The number of alkyl halides is 3. The van der Waals surface area contributed by atoms with Gasteiger partial charge in [0.25, 0.3) is 0 Å². The molecule has 2 aromatic rings. The highest BCUT2D eigenvalue weighted by Crippen LogP contribution is 2.54. The SMILES string of the molecule is COc1ccc(C2C(=O)Oc3cc(O)ccc3C2(O)C(F)(F)F)cc1. The molecule has 0 fully saturated rings. The molecule has 2 atom stereocenters. The minimum Gasteiger partial charge on any atom is -0.508 e. The van der Waals surface area contributed by atoms with Gasteiger partial charge < -0.3 is 19.7 Å². The smallest absolute Gasteiger partial charge is 0.422 e. The molecule has 0 spiro atoms. The van der Waals surface area contributed by atoms with Crippen LogP contribution in [0.4, 0.5) is 13.2 Å².